The van der Waals surface area contributed by atoms with Crippen LogP contribution in [0.1, 0.15) is 57.5 Å². The van der Waals surface area contributed by atoms with Gasteiger partial charge in [-0.25, -0.2) is 0 Å². The van der Waals surface area contributed by atoms with Crippen LogP contribution in [0.3, 0.4) is 0 Å². The molecule has 7 aromatic rings. The Balaban J connectivity index is 1.30. The van der Waals surface area contributed by atoms with E-state index >= 15 is 0 Å². The van der Waals surface area contributed by atoms with Gasteiger partial charge in [0, 0.05) is 5.02 Å². The first-order valence-electron chi connectivity index (χ1n) is 23.4. The quantitative estimate of drug-likeness (QED) is 0.0601. The summed E-state index contributed by atoms with van der Waals surface area (Å²) in [5.41, 5.74) is 4.37. The highest BCUT2D eigenvalue weighted by Gasteiger charge is 2.59. The van der Waals surface area contributed by atoms with Crippen LogP contribution in [0.5, 0.6) is 5.75 Å². The van der Waals surface area contributed by atoms with Gasteiger partial charge in [0.2, 0.25) is 0 Å². The summed E-state index contributed by atoms with van der Waals surface area (Å²) >= 11 is 6.99. The highest BCUT2D eigenvalue weighted by Crippen LogP contribution is 2.45. The molecular weight excluding hydrogens is 960 g/mol. The molecule has 11 nitrogen and oxygen atoms in total. The summed E-state index contributed by atoms with van der Waals surface area (Å²) in [6, 6.07) is 54.2. The summed E-state index contributed by atoms with van der Waals surface area (Å²) < 4.78 is 103. The Morgan fingerprint density at radius 1 is 0.535 bits per heavy atom. The van der Waals surface area contributed by atoms with Crippen LogP contribution in [-0.2, 0) is 73.8 Å². The van der Waals surface area contributed by atoms with E-state index in [0.717, 1.165) is 44.7 Å². The number of aryl methyl sites for hydroxylation is 2. The summed E-state index contributed by atoms with van der Waals surface area (Å²) in [5.74, 6) is 0.741. The third-order valence-corrected chi connectivity index (χ3v) is 15.1. The molecule has 0 aromatic heterocycles. The van der Waals surface area contributed by atoms with Crippen molar-refractivity contribution < 1.29 is 48.9 Å². The van der Waals surface area contributed by atoms with E-state index in [4.69, 9.17) is 43.7 Å². The molecule has 1 fully saturated rings. The average Bonchev–Trinajstić information content (AvgIpc) is 3.38. The predicted octanol–water partition coefficient (Wildman–Crippen LogP) is 11.3. The number of hydrogen-bond donors (Lipinski definition) is 0. The molecule has 0 aliphatic carbocycles. The number of ether oxygens (including phenoxy) is 5. The fourth-order valence-electron chi connectivity index (χ4n) is 8.37. The van der Waals surface area contributed by atoms with E-state index in [2.05, 4.69) is 0 Å². The summed E-state index contributed by atoms with van der Waals surface area (Å²) in [5, 5.41) is 0.493. The van der Waals surface area contributed by atoms with Gasteiger partial charge in [0.1, 0.15) is 49.0 Å². The first-order valence-corrected chi connectivity index (χ1v) is 26.6. The normalized spacial score (nSPS) is 18.0. The van der Waals surface area contributed by atoms with Gasteiger partial charge >= 0.3 is 0 Å². The topological polar surface area (TPSA) is 133 Å². The van der Waals surface area contributed by atoms with Gasteiger partial charge in [-0.2, -0.15) is 16.8 Å². The lowest BCUT2D eigenvalue weighted by atomic mass is 9.82. The van der Waals surface area contributed by atoms with E-state index in [9.17, 15) is 16.8 Å². The standard InChI is InChI=1S/C57H57ClO11S2/c1-4-63-49-27-24-43(25-28-49)34-48-35-47(26-33-52(48)58)53-54(64-36-44-14-8-5-9-15-44)55(65-37-45-16-10-6-11-17-45)56(66-38-46-18-12-7-13-19-46)57(69-53,39-67-70(59,60)50-29-20-41(2)21-30-50)40-68-71(61,62)51-31-22-42(3)23-32-51/h5-33,35,53-56H,4,34,36-40H2,1-3H3/t53-,54-,55+,56-/m0/s1. The van der Waals surface area contributed by atoms with Crippen molar-refractivity contribution >= 4 is 31.8 Å². The van der Waals surface area contributed by atoms with Crippen LogP contribution in [0.15, 0.2) is 192 Å². The summed E-state index contributed by atoms with van der Waals surface area (Å²) in [7, 11) is -9.05. The lowest BCUT2D eigenvalue weighted by Crippen LogP contribution is -2.67. The van der Waals surface area contributed by atoms with Gasteiger partial charge in [-0.3, -0.25) is 8.37 Å². The number of rotatable bonds is 22. The minimum atomic E-state index is -4.52. The average molecular weight is 1020 g/mol. The van der Waals surface area contributed by atoms with Gasteiger partial charge in [0.15, 0.2) is 0 Å². The maximum absolute atomic E-state index is 14.3. The van der Waals surface area contributed by atoms with E-state index in [-0.39, 0.29) is 29.6 Å². The summed E-state index contributed by atoms with van der Waals surface area (Å²) in [6.07, 6.45) is -4.10. The Morgan fingerprint density at radius 2 is 1.00 bits per heavy atom. The van der Waals surface area contributed by atoms with Crippen molar-refractivity contribution in [3.8, 4) is 5.75 Å². The SMILES string of the molecule is CCOc1ccc(Cc2cc([C@@H]3OC(COS(=O)(=O)c4ccc(C)cc4)(COS(=O)(=O)c4ccc(C)cc4)[C@@H](OCc4ccccc4)[C@H](OCc4ccccc4)[C@H]3OCc3ccccc3)ccc2Cl)cc1. The van der Waals surface area contributed by atoms with Crippen LogP contribution >= 0.6 is 11.6 Å². The molecular formula is C57H57ClO11S2. The smallest absolute Gasteiger partial charge is 0.297 e. The zero-order chi connectivity index (χ0) is 49.9. The third kappa shape index (κ3) is 13.4. The van der Waals surface area contributed by atoms with Gasteiger partial charge in [-0.15, -0.1) is 0 Å². The fourth-order valence-corrected chi connectivity index (χ4v) is 10.5. The maximum Gasteiger partial charge on any atom is 0.297 e. The van der Waals surface area contributed by atoms with Gasteiger partial charge in [-0.1, -0.05) is 162 Å². The molecule has 0 radical (unpaired) electrons. The van der Waals surface area contributed by atoms with Gasteiger partial charge < -0.3 is 23.7 Å². The molecule has 7 aromatic carbocycles. The molecule has 1 aliphatic heterocycles. The van der Waals surface area contributed by atoms with Crippen molar-refractivity contribution in [3.63, 3.8) is 0 Å². The zero-order valence-corrected chi connectivity index (χ0v) is 42.2. The van der Waals surface area contributed by atoms with Crippen LogP contribution in [0.2, 0.25) is 5.02 Å². The van der Waals surface area contributed by atoms with Crippen LogP contribution in [0.4, 0.5) is 0 Å². The lowest BCUT2D eigenvalue weighted by Gasteiger charge is -2.52. The van der Waals surface area contributed by atoms with Crippen molar-refractivity contribution in [2.75, 3.05) is 19.8 Å². The van der Waals surface area contributed by atoms with E-state index in [1.165, 1.54) is 24.3 Å². The molecule has 0 bridgehead atoms. The zero-order valence-electron chi connectivity index (χ0n) is 39.8. The first kappa shape index (κ1) is 51.6. The monoisotopic (exact) mass is 1020 g/mol. The number of halogens is 1. The molecule has 0 N–H and O–H groups in total. The van der Waals surface area contributed by atoms with Crippen LogP contribution in [0.25, 0.3) is 0 Å². The largest absolute Gasteiger partial charge is 0.494 e. The molecule has 1 saturated heterocycles. The molecule has 370 valence electrons. The summed E-state index contributed by atoms with van der Waals surface area (Å²) in [6.45, 7) is 4.74. The molecule has 0 spiro atoms. The first-order chi connectivity index (χ1) is 34.3. The number of benzene rings is 7. The molecule has 1 heterocycles. The van der Waals surface area contributed by atoms with Crippen LogP contribution in [0, 0.1) is 13.8 Å². The molecule has 0 saturated carbocycles. The van der Waals surface area contributed by atoms with Crippen LogP contribution in [-0.4, -0.2) is 60.6 Å². The van der Waals surface area contributed by atoms with Crippen molar-refractivity contribution in [1.82, 2.24) is 0 Å². The second kappa shape index (κ2) is 23.7. The Kier molecular flexibility index (Phi) is 17.2. The number of hydrogen-bond acceptors (Lipinski definition) is 11. The fraction of sp³-hybridized carbons (Fsp3) is 0.263. The molecule has 8 rings (SSSR count). The second-order valence-corrected chi connectivity index (χ2v) is 21.1. The van der Waals surface area contributed by atoms with E-state index < -0.39 is 63.5 Å². The van der Waals surface area contributed by atoms with E-state index in [0.29, 0.717) is 23.6 Å². The van der Waals surface area contributed by atoms with Crippen LogP contribution < -0.4 is 4.74 Å². The Morgan fingerprint density at radius 3 is 1.48 bits per heavy atom. The predicted molar refractivity (Wildman–Crippen MR) is 272 cm³/mol. The minimum absolute atomic E-state index is 0.0273. The molecule has 71 heavy (non-hydrogen) atoms. The van der Waals surface area contributed by atoms with E-state index in [1.54, 1.807) is 30.3 Å². The molecule has 14 heteroatoms. The van der Waals surface area contributed by atoms with Crippen molar-refractivity contribution in [1.29, 1.82) is 0 Å². The second-order valence-electron chi connectivity index (χ2n) is 17.5. The van der Waals surface area contributed by atoms with Crippen molar-refractivity contribution in [2.45, 2.75) is 86.8 Å². The maximum atomic E-state index is 14.3. The molecule has 0 amide bonds. The lowest BCUT2D eigenvalue weighted by molar-refractivity contribution is -0.314. The highest BCUT2D eigenvalue weighted by atomic mass is 35.5. The van der Waals surface area contributed by atoms with E-state index in [1.807, 2.05) is 148 Å². The Labute approximate surface area is 422 Å². The molecule has 4 atom stereocenters. The van der Waals surface area contributed by atoms with Gasteiger partial charge in [0.25, 0.3) is 20.2 Å². The van der Waals surface area contributed by atoms with Crippen molar-refractivity contribution in [3.05, 3.63) is 232 Å². The third-order valence-electron chi connectivity index (χ3n) is 12.2. The van der Waals surface area contributed by atoms with Crippen molar-refractivity contribution in [2.24, 2.45) is 0 Å². The van der Waals surface area contributed by atoms with Gasteiger partial charge in [0.05, 0.1) is 36.2 Å². The minimum Gasteiger partial charge on any atom is -0.494 e. The Bertz CT molecular complexity index is 2930. The van der Waals surface area contributed by atoms with Gasteiger partial charge in [-0.05, 0) is 103 Å². The summed E-state index contributed by atoms with van der Waals surface area (Å²) in [4.78, 5) is -0.226. The molecule has 0 unspecified atom stereocenters. The molecule has 1 aliphatic rings. The highest BCUT2D eigenvalue weighted by molar-refractivity contribution is 7.87. The Hall–Kier alpha value is -5.71.